The summed E-state index contributed by atoms with van der Waals surface area (Å²) in [5.41, 5.74) is 7.65. The van der Waals surface area contributed by atoms with Crippen molar-refractivity contribution in [2.75, 3.05) is 16.8 Å². The van der Waals surface area contributed by atoms with Crippen molar-refractivity contribution in [3.8, 4) is 0 Å². The number of carbonyl (C=O) groups excluding carboxylic acids is 1. The average molecular weight is 306 g/mol. The highest BCUT2D eigenvalue weighted by molar-refractivity contribution is 7.85. The van der Waals surface area contributed by atoms with Crippen LogP contribution in [0.15, 0.2) is 47.4 Å². The topological polar surface area (TPSA) is 72.2 Å². The molecular formula is C15H15FN2O2S. The van der Waals surface area contributed by atoms with E-state index in [0.717, 1.165) is 11.6 Å². The standard InChI is InChI=1S/C15H15FN2O2S/c1-10-13(17)6-3-7-14(10)18-15(19)9-21(20)12-5-2-4-11(16)8-12/h2-8H,9,17H2,1H3,(H,18,19). The largest absolute Gasteiger partial charge is 0.398 e. The van der Waals surface area contributed by atoms with Gasteiger partial charge in [0.05, 0.1) is 10.8 Å². The maximum absolute atomic E-state index is 13.1. The van der Waals surface area contributed by atoms with Crippen molar-refractivity contribution < 1.29 is 13.4 Å². The fraction of sp³-hybridized carbons (Fsp3) is 0.133. The number of hydrogen-bond acceptors (Lipinski definition) is 3. The number of nitrogens with two attached hydrogens (primary N) is 1. The molecular weight excluding hydrogens is 291 g/mol. The number of anilines is 2. The van der Waals surface area contributed by atoms with Crippen LogP contribution in [0.25, 0.3) is 0 Å². The van der Waals surface area contributed by atoms with Crippen LogP contribution in [-0.4, -0.2) is 15.9 Å². The lowest BCUT2D eigenvalue weighted by atomic mass is 10.1. The SMILES string of the molecule is Cc1c(N)cccc1NC(=O)CS(=O)c1cccc(F)c1. The van der Waals surface area contributed by atoms with Gasteiger partial charge in [0.25, 0.3) is 0 Å². The second-order valence-corrected chi connectivity index (χ2v) is 5.97. The molecule has 0 aliphatic carbocycles. The fourth-order valence-corrected chi connectivity index (χ4v) is 2.74. The molecule has 1 amide bonds. The summed E-state index contributed by atoms with van der Waals surface area (Å²) in [4.78, 5) is 12.2. The van der Waals surface area contributed by atoms with Crippen LogP contribution in [0, 0.1) is 12.7 Å². The Bertz CT molecular complexity index is 704. The second kappa shape index (κ2) is 6.49. The highest BCUT2D eigenvalue weighted by Crippen LogP contribution is 2.20. The quantitative estimate of drug-likeness (QED) is 0.852. The van der Waals surface area contributed by atoms with Gasteiger partial charge in [0.1, 0.15) is 11.6 Å². The number of rotatable bonds is 4. The normalized spacial score (nSPS) is 11.9. The summed E-state index contributed by atoms with van der Waals surface area (Å²) in [6.07, 6.45) is 0. The Morgan fingerprint density at radius 3 is 2.71 bits per heavy atom. The van der Waals surface area contributed by atoms with Crippen molar-refractivity contribution in [3.05, 3.63) is 53.8 Å². The maximum Gasteiger partial charge on any atom is 0.237 e. The van der Waals surface area contributed by atoms with Gasteiger partial charge in [0.2, 0.25) is 5.91 Å². The van der Waals surface area contributed by atoms with Gasteiger partial charge < -0.3 is 11.1 Å². The highest BCUT2D eigenvalue weighted by Gasteiger charge is 2.12. The number of benzene rings is 2. The van der Waals surface area contributed by atoms with E-state index in [-0.39, 0.29) is 10.6 Å². The van der Waals surface area contributed by atoms with Crippen molar-refractivity contribution in [2.45, 2.75) is 11.8 Å². The number of hydrogen-bond donors (Lipinski definition) is 2. The molecule has 0 aromatic heterocycles. The van der Waals surface area contributed by atoms with Crippen LogP contribution < -0.4 is 11.1 Å². The summed E-state index contributed by atoms with van der Waals surface area (Å²) in [5.74, 6) is -1.13. The Morgan fingerprint density at radius 2 is 2.00 bits per heavy atom. The highest BCUT2D eigenvalue weighted by atomic mass is 32.2. The lowest BCUT2D eigenvalue weighted by Crippen LogP contribution is -2.20. The predicted molar refractivity (Wildman–Crippen MR) is 81.9 cm³/mol. The third-order valence-electron chi connectivity index (χ3n) is 2.97. The van der Waals surface area contributed by atoms with Crippen LogP contribution in [0.5, 0.6) is 0 Å². The van der Waals surface area contributed by atoms with E-state index < -0.39 is 22.5 Å². The van der Waals surface area contributed by atoms with Crippen LogP contribution in [0.1, 0.15) is 5.56 Å². The molecule has 0 heterocycles. The molecule has 0 fully saturated rings. The van der Waals surface area contributed by atoms with Crippen LogP contribution in [-0.2, 0) is 15.6 Å². The minimum Gasteiger partial charge on any atom is -0.398 e. The lowest BCUT2D eigenvalue weighted by Gasteiger charge is -2.10. The molecule has 4 nitrogen and oxygen atoms in total. The van der Waals surface area contributed by atoms with E-state index in [4.69, 9.17) is 5.73 Å². The molecule has 21 heavy (non-hydrogen) atoms. The first-order valence-corrected chi connectivity index (χ1v) is 7.58. The van der Waals surface area contributed by atoms with E-state index >= 15 is 0 Å². The number of amides is 1. The molecule has 2 aromatic carbocycles. The molecule has 0 spiro atoms. The fourth-order valence-electron chi connectivity index (χ4n) is 1.79. The zero-order valence-electron chi connectivity index (χ0n) is 11.4. The molecule has 0 saturated carbocycles. The van der Waals surface area contributed by atoms with Crippen molar-refractivity contribution in [1.29, 1.82) is 0 Å². The van der Waals surface area contributed by atoms with Gasteiger partial charge in [0.15, 0.2) is 0 Å². The summed E-state index contributed by atoms with van der Waals surface area (Å²) in [7, 11) is -1.59. The Labute approximate surface area is 124 Å². The molecule has 0 aliphatic rings. The molecule has 2 aromatic rings. The smallest absolute Gasteiger partial charge is 0.237 e. The van der Waals surface area contributed by atoms with Gasteiger partial charge >= 0.3 is 0 Å². The molecule has 0 radical (unpaired) electrons. The lowest BCUT2D eigenvalue weighted by molar-refractivity contribution is -0.113. The van der Waals surface area contributed by atoms with Crippen LogP contribution in [0.2, 0.25) is 0 Å². The van der Waals surface area contributed by atoms with Gasteiger partial charge in [-0.1, -0.05) is 12.1 Å². The molecule has 110 valence electrons. The molecule has 0 aliphatic heterocycles. The third-order valence-corrected chi connectivity index (χ3v) is 4.28. The molecule has 1 atom stereocenters. The molecule has 1 unspecified atom stereocenters. The first-order valence-electron chi connectivity index (χ1n) is 6.26. The average Bonchev–Trinajstić information content (AvgIpc) is 2.44. The van der Waals surface area contributed by atoms with Crippen LogP contribution in [0.4, 0.5) is 15.8 Å². The minimum atomic E-state index is -1.59. The summed E-state index contributed by atoms with van der Waals surface area (Å²) >= 11 is 0. The Kier molecular flexibility index (Phi) is 4.70. The van der Waals surface area contributed by atoms with E-state index in [0.29, 0.717) is 11.4 Å². The molecule has 0 saturated heterocycles. The van der Waals surface area contributed by atoms with E-state index in [9.17, 15) is 13.4 Å². The van der Waals surface area contributed by atoms with E-state index in [1.54, 1.807) is 25.1 Å². The predicted octanol–water partition coefficient (Wildman–Crippen LogP) is 2.46. The van der Waals surface area contributed by atoms with Crippen LogP contribution in [0.3, 0.4) is 0 Å². The van der Waals surface area contributed by atoms with Crippen molar-refractivity contribution in [2.24, 2.45) is 0 Å². The van der Waals surface area contributed by atoms with Crippen LogP contribution >= 0.6 is 0 Å². The minimum absolute atomic E-state index is 0.238. The zero-order chi connectivity index (χ0) is 15.4. The number of nitrogens with one attached hydrogen (secondary N) is 1. The summed E-state index contributed by atoms with van der Waals surface area (Å²) in [6, 6.07) is 10.6. The Morgan fingerprint density at radius 1 is 1.29 bits per heavy atom. The monoisotopic (exact) mass is 306 g/mol. The summed E-state index contributed by atoms with van der Waals surface area (Å²) in [6.45, 7) is 1.79. The summed E-state index contributed by atoms with van der Waals surface area (Å²) < 4.78 is 25.1. The van der Waals surface area contributed by atoms with E-state index in [1.807, 2.05) is 0 Å². The van der Waals surface area contributed by atoms with Gasteiger partial charge in [-0.3, -0.25) is 9.00 Å². The number of nitrogen functional groups attached to an aromatic ring is 1. The molecule has 2 rings (SSSR count). The first kappa shape index (κ1) is 15.2. The number of carbonyl (C=O) groups is 1. The van der Waals surface area contributed by atoms with Gasteiger partial charge in [-0.2, -0.15) is 0 Å². The Balaban J connectivity index is 2.05. The molecule has 0 bridgehead atoms. The third kappa shape index (κ3) is 3.88. The number of halogens is 1. The van der Waals surface area contributed by atoms with Crippen molar-refractivity contribution in [1.82, 2.24) is 0 Å². The maximum atomic E-state index is 13.1. The molecule has 6 heteroatoms. The van der Waals surface area contributed by atoms with Gasteiger partial charge in [-0.25, -0.2) is 4.39 Å². The van der Waals surface area contributed by atoms with Crippen molar-refractivity contribution in [3.63, 3.8) is 0 Å². The van der Waals surface area contributed by atoms with Gasteiger partial charge in [-0.05, 0) is 42.8 Å². The van der Waals surface area contributed by atoms with E-state index in [2.05, 4.69) is 5.32 Å². The first-order chi connectivity index (χ1) is 9.97. The molecule has 3 N–H and O–H groups in total. The zero-order valence-corrected chi connectivity index (χ0v) is 12.2. The van der Waals surface area contributed by atoms with Gasteiger partial charge in [0, 0.05) is 16.3 Å². The Hall–Kier alpha value is -2.21. The van der Waals surface area contributed by atoms with Crippen molar-refractivity contribution >= 4 is 28.1 Å². The second-order valence-electron chi connectivity index (χ2n) is 4.52. The van der Waals surface area contributed by atoms with E-state index in [1.165, 1.54) is 18.2 Å². The summed E-state index contributed by atoms with van der Waals surface area (Å²) in [5, 5.41) is 2.66. The van der Waals surface area contributed by atoms with Gasteiger partial charge in [-0.15, -0.1) is 0 Å².